The van der Waals surface area contributed by atoms with E-state index in [1.807, 2.05) is 23.1 Å². The largest absolute Gasteiger partial charge is 0.497 e. The minimum atomic E-state index is -3.54. The van der Waals surface area contributed by atoms with E-state index in [1.54, 1.807) is 31.4 Å². The summed E-state index contributed by atoms with van der Waals surface area (Å²) in [6.45, 7) is 1.94. The van der Waals surface area contributed by atoms with Crippen LogP contribution in [-0.2, 0) is 10.0 Å². The van der Waals surface area contributed by atoms with Crippen LogP contribution in [0.2, 0.25) is 0 Å². The minimum Gasteiger partial charge on any atom is -0.497 e. The number of rotatable bonds is 4. The maximum absolute atomic E-state index is 12.9. The number of piperazine rings is 1. The number of hydrogen-bond donors (Lipinski definition) is 1. The van der Waals surface area contributed by atoms with Crippen molar-refractivity contribution in [3.8, 4) is 17.2 Å². The zero-order valence-corrected chi connectivity index (χ0v) is 17.5. The fourth-order valence-corrected chi connectivity index (χ4v) is 4.93. The molecule has 1 N–H and O–H groups in total. The smallest absolute Gasteiger partial charge is 0.243 e. The Morgan fingerprint density at radius 2 is 1.72 bits per heavy atom. The highest BCUT2D eigenvalue weighted by molar-refractivity contribution is 7.89. The third-order valence-corrected chi connectivity index (χ3v) is 7.12. The topological polar surface area (TPSA) is 80.3 Å². The summed E-state index contributed by atoms with van der Waals surface area (Å²) in [5.74, 6) is 2.00. The number of fused-ring (bicyclic) bond motifs is 1. The van der Waals surface area contributed by atoms with Crippen LogP contribution in [0, 0.1) is 0 Å². The van der Waals surface area contributed by atoms with Crippen LogP contribution in [0.5, 0.6) is 17.2 Å². The van der Waals surface area contributed by atoms with Gasteiger partial charge in [0.1, 0.15) is 5.75 Å². The highest BCUT2D eigenvalue weighted by Gasteiger charge is 2.29. The molecule has 0 atom stereocenters. The highest BCUT2D eigenvalue weighted by Crippen LogP contribution is 2.34. The number of thiocarbonyl (C=S) groups is 1. The molecule has 2 aromatic rings. The van der Waals surface area contributed by atoms with Crippen LogP contribution < -0.4 is 19.5 Å². The van der Waals surface area contributed by atoms with Crippen molar-refractivity contribution in [3.05, 3.63) is 42.5 Å². The molecule has 2 aliphatic rings. The standard InChI is InChI=1S/C19H21N3O5S2/c1-25-15-3-5-16(6-4-15)29(23,24)22-10-8-21(9-11-22)19(28)20-14-2-7-17-18(12-14)27-13-26-17/h2-7,12H,8-11,13H2,1H3,(H,20,28). The first kappa shape index (κ1) is 19.7. The molecule has 0 aliphatic carbocycles. The first-order valence-electron chi connectivity index (χ1n) is 9.07. The number of methoxy groups -OCH3 is 1. The number of anilines is 1. The SMILES string of the molecule is COc1ccc(S(=O)(=O)N2CCN(C(=S)Nc3ccc4c(c3)OCO4)CC2)cc1. The van der Waals surface area contributed by atoms with E-state index in [1.165, 1.54) is 4.31 Å². The van der Waals surface area contributed by atoms with E-state index in [-0.39, 0.29) is 11.7 Å². The summed E-state index contributed by atoms with van der Waals surface area (Å²) in [5, 5.41) is 3.73. The van der Waals surface area contributed by atoms with Crippen molar-refractivity contribution < 1.29 is 22.6 Å². The van der Waals surface area contributed by atoms with Gasteiger partial charge in [-0.25, -0.2) is 8.42 Å². The van der Waals surface area contributed by atoms with Gasteiger partial charge in [-0.05, 0) is 48.6 Å². The van der Waals surface area contributed by atoms with Crippen LogP contribution >= 0.6 is 12.2 Å². The van der Waals surface area contributed by atoms with Crippen molar-refractivity contribution in [2.45, 2.75) is 4.90 Å². The first-order valence-corrected chi connectivity index (χ1v) is 10.9. The molecule has 154 valence electrons. The van der Waals surface area contributed by atoms with Crippen LogP contribution in [0.3, 0.4) is 0 Å². The van der Waals surface area contributed by atoms with Gasteiger partial charge in [-0.3, -0.25) is 0 Å². The van der Waals surface area contributed by atoms with Gasteiger partial charge in [0.2, 0.25) is 16.8 Å². The molecule has 8 nitrogen and oxygen atoms in total. The quantitative estimate of drug-likeness (QED) is 0.732. The molecular formula is C19H21N3O5S2. The predicted molar refractivity (Wildman–Crippen MR) is 112 cm³/mol. The maximum atomic E-state index is 12.9. The van der Waals surface area contributed by atoms with Crippen LogP contribution in [0.25, 0.3) is 0 Å². The lowest BCUT2D eigenvalue weighted by molar-refractivity contribution is 0.174. The molecule has 0 spiro atoms. The van der Waals surface area contributed by atoms with E-state index in [0.717, 1.165) is 5.69 Å². The lowest BCUT2D eigenvalue weighted by Crippen LogP contribution is -2.51. The molecule has 0 radical (unpaired) electrons. The number of nitrogens with one attached hydrogen (secondary N) is 1. The van der Waals surface area contributed by atoms with Crippen molar-refractivity contribution in [1.29, 1.82) is 0 Å². The highest BCUT2D eigenvalue weighted by atomic mass is 32.2. The molecule has 0 unspecified atom stereocenters. The van der Waals surface area contributed by atoms with Crippen molar-refractivity contribution in [1.82, 2.24) is 9.21 Å². The Kier molecular flexibility index (Phi) is 5.48. The number of sulfonamides is 1. The summed E-state index contributed by atoms with van der Waals surface area (Å²) in [7, 11) is -2.00. The minimum absolute atomic E-state index is 0.216. The van der Waals surface area contributed by atoms with Gasteiger partial charge in [0.15, 0.2) is 16.6 Å². The van der Waals surface area contributed by atoms with Crippen molar-refractivity contribution in [3.63, 3.8) is 0 Å². The van der Waals surface area contributed by atoms with Crippen LogP contribution in [-0.4, -0.2) is 62.8 Å². The van der Waals surface area contributed by atoms with Gasteiger partial charge in [-0.1, -0.05) is 0 Å². The van der Waals surface area contributed by atoms with Gasteiger partial charge in [0.05, 0.1) is 12.0 Å². The fourth-order valence-electron chi connectivity index (χ4n) is 3.21. The third kappa shape index (κ3) is 4.09. The zero-order chi connectivity index (χ0) is 20.4. The predicted octanol–water partition coefficient (Wildman–Crippen LogP) is 2.13. The molecule has 0 saturated carbocycles. The summed E-state index contributed by atoms with van der Waals surface area (Å²) >= 11 is 5.50. The van der Waals surface area contributed by atoms with E-state index in [2.05, 4.69) is 5.32 Å². The van der Waals surface area contributed by atoms with Gasteiger partial charge >= 0.3 is 0 Å². The molecule has 0 amide bonds. The van der Waals surface area contributed by atoms with Gasteiger partial charge in [-0.2, -0.15) is 4.31 Å². The average Bonchev–Trinajstić information content (AvgIpc) is 3.22. The van der Waals surface area contributed by atoms with Gasteiger partial charge in [-0.15, -0.1) is 0 Å². The molecule has 2 heterocycles. The second kappa shape index (κ2) is 8.05. The molecule has 2 aliphatic heterocycles. The zero-order valence-electron chi connectivity index (χ0n) is 15.8. The summed E-state index contributed by atoms with van der Waals surface area (Å²) in [6.07, 6.45) is 0. The van der Waals surface area contributed by atoms with Crippen molar-refractivity contribution in [2.75, 3.05) is 45.4 Å². The van der Waals surface area contributed by atoms with Crippen LogP contribution in [0.4, 0.5) is 5.69 Å². The molecule has 1 fully saturated rings. The van der Waals surface area contributed by atoms with Gasteiger partial charge in [0.25, 0.3) is 0 Å². The molecule has 1 saturated heterocycles. The van der Waals surface area contributed by atoms with E-state index in [4.69, 9.17) is 26.4 Å². The summed E-state index contributed by atoms with van der Waals surface area (Å²) in [6, 6.07) is 11.9. The lowest BCUT2D eigenvalue weighted by Gasteiger charge is -2.35. The second-order valence-corrected chi connectivity index (χ2v) is 8.89. The van der Waals surface area contributed by atoms with E-state index >= 15 is 0 Å². The molecule has 0 bridgehead atoms. The maximum Gasteiger partial charge on any atom is 0.243 e. The van der Waals surface area contributed by atoms with E-state index in [0.29, 0.717) is 48.5 Å². The van der Waals surface area contributed by atoms with E-state index < -0.39 is 10.0 Å². The Bertz CT molecular complexity index is 1000. The number of nitrogens with zero attached hydrogens (tertiary/aromatic N) is 2. The fraction of sp³-hybridized carbons (Fsp3) is 0.316. The number of benzene rings is 2. The van der Waals surface area contributed by atoms with Crippen LogP contribution in [0.1, 0.15) is 0 Å². The molecule has 10 heteroatoms. The second-order valence-electron chi connectivity index (χ2n) is 6.56. The molecular weight excluding hydrogens is 414 g/mol. The Morgan fingerprint density at radius 1 is 1.03 bits per heavy atom. The van der Waals surface area contributed by atoms with Gasteiger partial charge in [0, 0.05) is 37.9 Å². The van der Waals surface area contributed by atoms with Crippen molar-refractivity contribution in [2.24, 2.45) is 0 Å². The Balaban J connectivity index is 1.36. The Morgan fingerprint density at radius 3 is 2.41 bits per heavy atom. The summed E-state index contributed by atoms with van der Waals surface area (Å²) < 4.78 is 43.0. The Hall–Kier alpha value is -2.56. The third-order valence-electron chi connectivity index (χ3n) is 4.85. The normalized spacial score (nSPS) is 16.5. The lowest BCUT2D eigenvalue weighted by atomic mass is 10.3. The Labute approximate surface area is 175 Å². The molecule has 29 heavy (non-hydrogen) atoms. The summed E-state index contributed by atoms with van der Waals surface area (Å²) in [4.78, 5) is 2.22. The first-order chi connectivity index (χ1) is 14.0. The monoisotopic (exact) mass is 435 g/mol. The summed E-state index contributed by atoms with van der Waals surface area (Å²) in [5.41, 5.74) is 0.799. The van der Waals surface area contributed by atoms with E-state index in [9.17, 15) is 8.42 Å². The molecule has 4 rings (SSSR count). The van der Waals surface area contributed by atoms with Gasteiger partial charge < -0.3 is 24.4 Å². The average molecular weight is 436 g/mol. The number of ether oxygens (including phenoxy) is 3. The number of hydrogen-bond acceptors (Lipinski definition) is 6. The van der Waals surface area contributed by atoms with Crippen molar-refractivity contribution >= 4 is 33.0 Å². The molecule has 2 aromatic carbocycles. The van der Waals surface area contributed by atoms with Crippen LogP contribution in [0.15, 0.2) is 47.4 Å². The molecule has 0 aromatic heterocycles.